The van der Waals surface area contributed by atoms with Crippen LogP contribution in [0.25, 0.3) is 0 Å². The molecule has 0 aromatic carbocycles. The largest absolute Gasteiger partial charge is 0.364 e. The quantitative estimate of drug-likeness (QED) is 0.795. The number of nitrogens with zero attached hydrogens (tertiary/aromatic N) is 2. The SMILES string of the molecule is Cc1cc(=O)c(C(=O)Nc2ncccn2)c[nH]1. The van der Waals surface area contributed by atoms with Gasteiger partial charge in [0.15, 0.2) is 5.43 Å². The summed E-state index contributed by atoms with van der Waals surface area (Å²) in [5.74, 6) is -0.366. The zero-order valence-electron chi connectivity index (χ0n) is 9.10. The Morgan fingerprint density at radius 1 is 1.35 bits per heavy atom. The van der Waals surface area contributed by atoms with Crippen LogP contribution in [0.5, 0.6) is 0 Å². The summed E-state index contributed by atoms with van der Waals surface area (Å²) in [6.07, 6.45) is 4.37. The molecule has 0 spiro atoms. The van der Waals surface area contributed by atoms with Gasteiger partial charge in [-0.3, -0.25) is 14.9 Å². The number of amides is 1. The van der Waals surface area contributed by atoms with E-state index in [4.69, 9.17) is 0 Å². The maximum Gasteiger partial charge on any atom is 0.263 e. The molecule has 0 saturated heterocycles. The van der Waals surface area contributed by atoms with Gasteiger partial charge in [0.25, 0.3) is 5.91 Å². The van der Waals surface area contributed by atoms with Crippen molar-refractivity contribution in [1.82, 2.24) is 15.0 Å². The topological polar surface area (TPSA) is 87.7 Å². The van der Waals surface area contributed by atoms with Gasteiger partial charge in [0.2, 0.25) is 5.95 Å². The Labute approximate surface area is 96.8 Å². The lowest BCUT2D eigenvalue weighted by molar-refractivity contribution is 0.102. The van der Waals surface area contributed by atoms with Crippen molar-refractivity contribution in [1.29, 1.82) is 0 Å². The van der Waals surface area contributed by atoms with E-state index in [1.807, 2.05) is 0 Å². The fourth-order valence-corrected chi connectivity index (χ4v) is 1.28. The number of nitrogens with one attached hydrogen (secondary N) is 2. The third-order valence-corrected chi connectivity index (χ3v) is 2.09. The van der Waals surface area contributed by atoms with Crippen LogP contribution in [0.4, 0.5) is 5.95 Å². The second-order valence-electron chi connectivity index (χ2n) is 3.42. The van der Waals surface area contributed by atoms with Crippen LogP contribution in [0.1, 0.15) is 16.1 Å². The average molecular weight is 230 g/mol. The normalized spacial score (nSPS) is 9.94. The smallest absolute Gasteiger partial charge is 0.263 e. The second-order valence-corrected chi connectivity index (χ2v) is 3.42. The van der Waals surface area contributed by atoms with Crippen LogP contribution < -0.4 is 10.7 Å². The summed E-state index contributed by atoms with van der Waals surface area (Å²) in [7, 11) is 0. The number of aromatic nitrogens is 3. The molecule has 86 valence electrons. The molecule has 0 fully saturated rings. The van der Waals surface area contributed by atoms with E-state index >= 15 is 0 Å². The van der Waals surface area contributed by atoms with E-state index in [0.29, 0.717) is 5.69 Å². The second kappa shape index (κ2) is 4.56. The van der Waals surface area contributed by atoms with Gasteiger partial charge < -0.3 is 4.98 Å². The Kier molecular flexibility index (Phi) is 2.95. The molecular formula is C11H10N4O2. The van der Waals surface area contributed by atoms with E-state index in [1.54, 1.807) is 13.0 Å². The Morgan fingerprint density at radius 2 is 2.06 bits per heavy atom. The zero-order chi connectivity index (χ0) is 12.3. The van der Waals surface area contributed by atoms with Crippen molar-refractivity contribution in [3.63, 3.8) is 0 Å². The average Bonchev–Trinajstić information content (AvgIpc) is 2.30. The third kappa shape index (κ3) is 2.54. The van der Waals surface area contributed by atoms with Crippen molar-refractivity contribution in [2.24, 2.45) is 0 Å². The number of hydrogen-bond acceptors (Lipinski definition) is 4. The van der Waals surface area contributed by atoms with Crippen molar-refractivity contribution in [3.05, 3.63) is 52.2 Å². The van der Waals surface area contributed by atoms with Gasteiger partial charge in [-0.1, -0.05) is 0 Å². The predicted molar refractivity (Wildman–Crippen MR) is 61.8 cm³/mol. The van der Waals surface area contributed by atoms with Gasteiger partial charge in [0, 0.05) is 30.4 Å². The van der Waals surface area contributed by atoms with Crippen LogP contribution in [0.3, 0.4) is 0 Å². The maximum atomic E-state index is 11.7. The first-order valence-electron chi connectivity index (χ1n) is 4.94. The number of carbonyl (C=O) groups excluding carboxylic acids is 1. The molecular weight excluding hydrogens is 220 g/mol. The number of carbonyl (C=O) groups is 1. The van der Waals surface area contributed by atoms with E-state index in [0.717, 1.165) is 0 Å². The van der Waals surface area contributed by atoms with Crippen LogP contribution >= 0.6 is 0 Å². The summed E-state index contributed by atoms with van der Waals surface area (Å²) >= 11 is 0. The van der Waals surface area contributed by atoms with Crippen molar-refractivity contribution in [2.75, 3.05) is 5.32 Å². The first-order valence-corrected chi connectivity index (χ1v) is 4.94. The third-order valence-electron chi connectivity index (χ3n) is 2.09. The van der Waals surface area contributed by atoms with Gasteiger partial charge in [0.1, 0.15) is 5.56 Å². The van der Waals surface area contributed by atoms with Crippen molar-refractivity contribution in [3.8, 4) is 0 Å². The summed E-state index contributed by atoms with van der Waals surface area (Å²) in [6.45, 7) is 1.74. The lowest BCUT2D eigenvalue weighted by Crippen LogP contribution is -2.22. The van der Waals surface area contributed by atoms with Crippen LogP contribution in [-0.2, 0) is 0 Å². The van der Waals surface area contributed by atoms with E-state index in [2.05, 4.69) is 20.3 Å². The maximum absolute atomic E-state index is 11.7. The molecule has 6 heteroatoms. The summed E-state index contributed by atoms with van der Waals surface area (Å²) in [5, 5.41) is 2.44. The molecule has 17 heavy (non-hydrogen) atoms. The Balaban J connectivity index is 2.24. The molecule has 6 nitrogen and oxygen atoms in total. The molecule has 0 aliphatic heterocycles. The van der Waals surface area contributed by atoms with E-state index in [1.165, 1.54) is 24.7 Å². The molecule has 2 N–H and O–H groups in total. The van der Waals surface area contributed by atoms with Crippen LogP contribution in [0.15, 0.2) is 35.5 Å². The standard InChI is InChI=1S/C11H10N4O2/c1-7-5-9(16)8(6-14-7)10(17)15-11-12-3-2-4-13-11/h2-6H,1H3,(H,14,16)(H,12,13,15,17). The molecule has 1 amide bonds. The molecule has 0 unspecified atom stereocenters. The number of hydrogen-bond donors (Lipinski definition) is 2. The zero-order valence-corrected chi connectivity index (χ0v) is 9.10. The number of aromatic amines is 1. The van der Waals surface area contributed by atoms with Gasteiger partial charge in [0.05, 0.1) is 0 Å². The molecule has 0 aliphatic carbocycles. The summed E-state index contributed by atoms with van der Waals surface area (Å²) in [4.78, 5) is 33.8. The highest BCUT2D eigenvalue weighted by molar-refractivity contribution is 6.02. The molecule has 0 saturated carbocycles. The summed E-state index contributed by atoms with van der Waals surface area (Å²) < 4.78 is 0. The number of aryl methyl sites for hydroxylation is 1. The number of pyridine rings is 1. The van der Waals surface area contributed by atoms with Gasteiger partial charge >= 0.3 is 0 Å². The first kappa shape index (κ1) is 11.0. The number of anilines is 1. The molecule has 2 aromatic rings. The Morgan fingerprint density at radius 3 is 2.71 bits per heavy atom. The molecule has 0 aliphatic rings. The van der Waals surface area contributed by atoms with Crippen LogP contribution in [0.2, 0.25) is 0 Å². The van der Waals surface area contributed by atoms with Gasteiger partial charge in [-0.15, -0.1) is 0 Å². The molecule has 2 rings (SSSR count). The lowest BCUT2D eigenvalue weighted by atomic mass is 10.2. The monoisotopic (exact) mass is 230 g/mol. The highest BCUT2D eigenvalue weighted by Crippen LogP contribution is 1.99. The van der Waals surface area contributed by atoms with Gasteiger partial charge in [-0.25, -0.2) is 9.97 Å². The van der Waals surface area contributed by atoms with Crippen molar-refractivity contribution < 1.29 is 4.79 Å². The highest BCUT2D eigenvalue weighted by atomic mass is 16.2. The molecule has 2 aromatic heterocycles. The Bertz CT molecular complexity index is 592. The van der Waals surface area contributed by atoms with E-state index in [9.17, 15) is 9.59 Å². The summed E-state index contributed by atoms with van der Waals surface area (Å²) in [6, 6.07) is 3.00. The minimum absolute atomic E-state index is 0.0306. The number of H-pyrrole nitrogens is 1. The van der Waals surface area contributed by atoms with Crippen LogP contribution in [-0.4, -0.2) is 20.9 Å². The van der Waals surface area contributed by atoms with Gasteiger partial charge in [-0.2, -0.15) is 0 Å². The predicted octanol–water partition coefficient (Wildman–Crippen LogP) is 0.726. The molecule has 0 atom stereocenters. The highest BCUT2D eigenvalue weighted by Gasteiger charge is 2.11. The number of rotatable bonds is 2. The minimum Gasteiger partial charge on any atom is -0.364 e. The minimum atomic E-state index is -0.530. The fraction of sp³-hybridized carbons (Fsp3) is 0.0909. The van der Waals surface area contributed by atoms with Crippen molar-refractivity contribution in [2.45, 2.75) is 6.92 Å². The molecule has 0 bridgehead atoms. The summed E-state index contributed by atoms with van der Waals surface area (Å²) in [5.41, 5.74) is 0.389. The molecule has 2 heterocycles. The van der Waals surface area contributed by atoms with Crippen molar-refractivity contribution >= 4 is 11.9 Å². The fourth-order valence-electron chi connectivity index (χ4n) is 1.28. The van der Waals surface area contributed by atoms with Gasteiger partial charge in [-0.05, 0) is 13.0 Å². The van der Waals surface area contributed by atoms with E-state index in [-0.39, 0.29) is 16.9 Å². The molecule has 0 radical (unpaired) electrons. The first-order chi connectivity index (χ1) is 8.16. The van der Waals surface area contributed by atoms with E-state index < -0.39 is 5.91 Å². The van der Waals surface area contributed by atoms with Crippen LogP contribution in [0, 0.1) is 6.92 Å². The lowest BCUT2D eigenvalue weighted by Gasteiger charge is -2.02. The Hall–Kier alpha value is -2.50.